The molecule has 1 aliphatic rings. The van der Waals surface area contributed by atoms with Gasteiger partial charge in [-0.3, -0.25) is 0 Å². The number of hydrogen-bond acceptors (Lipinski definition) is 6. The lowest BCUT2D eigenvalue weighted by atomic mass is 10.2. The zero-order valence-corrected chi connectivity index (χ0v) is 16.2. The molecule has 27 heavy (non-hydrogen) atoms. The Morgan fingerprint density at radius 1 is 1.26 bits per heavy atom. The minimum atomic E-state index is -0.315. The molecule has 0 bridgehead atoms. The Bertz CT molecular complexity index is 812. The van der Waals surface area contributed by atoms with Gasteiger partial charge in [-0.05, 0) is 24.5 Å². The second-order valence-electron chi connectivity index (χ2n) is 6.15. The Labute approximate surface area is 167 Å². The van der Waals surface area contributed by atoms with E-state index in [1.54, 1.807) is 17.0 Å². The molecule has 1 aromatic carbocycles. The highest BCUT2D eigenvalue weighted by Gasteiger charge is 2.18. The van der Waals surface area contributed by atoms with Crippen LogP contribution in [0, 0.1) is 0 Å². The van der Waals surface area contributed by atoms with Gasteiger partial charge in [0.25, 0.3) is 0 Å². The van der Waals surface area contributed by atoms with Crippen molar-refractivity contribution in [1.29, 1.82) is 0 Å². The van der Waals surface area contributed by atoms with Crippen LogP contribution in [-0.2, 0) is 11.3 Å². The first-order chi connectivity index (χ1) is 13.0. The molecule has 1 aliphatic heterocycles. The van der Waals surface area contributed by atoms with E-state index >= 15 is 0 Å². The van der Waals surface area contributed by atoms with Crippen LogP contribution in [0.3, 0.4) is 0 Å². The molecular weight excluding hydrogens is 389 g/mol. The van der Waals surface area contributed by atoms with E-state index in [0.717, 1.165) is 31.5 Å². The van der Waals surface area contributed by atoms with E-state index in [1.165, 1.54) is 6.20 Å². The second kappa shape index (κ2) is 9.01. The number of amides is 1. The number of hydrogen-bond donors (Lipinski definition) is 3. The van der Waals surface area contributed by atoms with Crippen LogP contribution in [0.1, 0.15) is 18.4 Å². The monoisotopic (exact) mass is 409 g/mol. The number of pyridine rings is 1. The summed E-state index contributed by atoms with van der Waals surface area (Å²) in [5, 5.41) is 7.19. The van der Waals surface area contributed by atoms with Crippen molar-refractivity contribution in [3.63, 3.8) is 0 Å². The molecule has 7 nitrogen and oxygen atoms in total. The van der Waals surface area contributed by atoms with Gasteiger partial charge in [0.15, 0.2) is 6.73 Å². The molecule has 0 unspecified atom stereocenters. The molecule has 1 amide bonds. The van der Waals surface area contributed by atoms with Crippen molar-refractivity contribution in [3.8, 4) is 0 Å². The van der Waals surface area contributed by atoms with E-state index in [-0.39, 0.29) is 12.8 Å². The molecule has 0 saturated carbocycles. The van der Waals surface area contributed by atoms with Crippen LogP contribution in [0.2, 0.25) is 10.0 Å². The SMILES string of the molecule is Nc1cnc(NCOC(=O)N2CCCC2)cc1NCc1cccc(Cl)c1Cl. The highest BCUT2D eigenvalue weighted by atomic mass is 35.5. The van der Waals surface area contributed by atoms with E-state index in [4.69, 9.17) is 33.7 Å². The lowest BCUT2D eigenvalue weighted by Gasteiger charge is -2.16. The number of benzene rings is 1. The number of nitrogen functional groups attached to an aromatic ring is 1. The van der Waals surface area contributed by atoms with Crippen molar-refractivity contribution in [2.24, 2.45) is 0 Å². The summed E-state index contributed by atoms with van der Waals surface area (Å²) in [6.07, 6.45) is 3.26. The number of anilines is 3. The smallest absolute Gasteiger partial charge is 0.411 e. The summed E-state index contributed by atoms with van der Waals surface area (Å²) < 4.78 is 5.21. The lowest BCUT2D eigenvalue weighted by molar-refractivity contribution is 0.117. The van der Waals surface area contributed by atoms with Crippen LogP contribution in [0.4, 0.5) is 22.0 Å². The van der Waals surface area contributed by atoms with Gasteiger partial charge in [-0.15, -0.1) is 0 Å². The molecule has 1 aromatic heterocycles. The minimum absolute atomic E-state index is 0.0335. The van der Waals surface area contributed by atoms with E-state index in [9.17, 15) is 4.79 Å². The largest absolute Gasteiger partial charge is 0.428 e. The first kappa shape index (κ1) is 19.4. The Morgan fingerprint density at radius 3 is 2.81 bits per heavy atom. The number of likely N-dealkylation sites (tertiary alicyclic amines) is 1. The Balaban J connectivity index is 1.55. The predicted molar refractivity (Wildman–Crippen MR) is 108 cm³/mol. The molecule has 9 heteroatoms. The number of halogens is 2. The minimum Gasteiger partial charge on any atom is -0.428 e. The standard InChI is InChI=1S/C18H21Cl2N5O2/c19-13-5-3-4-12(17(13)20)9-22-15-8-16(23-10-14(15)21)24-11-27-18(26)25-6-1-2-7-25/h3-5,8,10H,1-2,6-7,9,11,21H2,(H2,22,23,24). The predicted octanol–water partition coefficient (Wildman–Crippen LogP) is 4.18. The molecule has 0 aliphatic carbocycles. The zero-order valence-electron chi connectivity index (χ0n) is 14.7. The average Bonchev–Trinajstić information content (AvgIpc) is 3.20. The zero-order chi connectivity index (χ0) is 19.2. The number of carbonyl (C=O) groups excluding carboxylic acids is 1. The van der Waals surface area contributed by atoms with Gasteiger partial charge in [-0.2, -0.15) is 0 Å². The molecule has 0 radical (unpaired) electrons. The highest BCUT2D eigenvalue weighted by Crippen LogP contribution is 2.27. The van der Waals surface area contributed by atoms with Crippen LogP contribution >= 0.6 is 23.2 Å². The molecule has 3 rings (SSSR count). The van der Waals surface area contributed by atoms with Crippen molar-refractivity contribution >= 4 is 46.5 Å². The summed E-state index contributed by atoms with van der Waals surface area (Å²) in [5.41, 5.74) is 8.02. The Hall–Kier alpha value is -2.38. The maximum Gasteiger partial charge on any atom is 0.411 e. The fourth-order valence-electron chi connectivity index (χ4n) is 2.75. The summed E-state index contributed by atoms with van der Waals surface area (Å²) in [7, 11) is 0. The van der Waals surface area contributed by atoms with E-state index in [1.807, 2.05) is 12.1 Å². The third kappa shape index (κ3) is 5.08. The molecule has 0 spiro atoms. The van der Waals surface area contributed by atoms with Gasteiger partial charge in [0.05, 0.1) is 27.6 Å². The van der Waals surface area contributed by atoms with Gasteiger partial charge >= 0.3 is 6.09 Å². The number of carbonyl (C=O) groups is 1. The van der Waals surface area contributed by atoms with E-state index in [0.29, 0.717) is 33.8 Å². The van der Waals surface area contributed by atoms with Crippen LogP contribution < -0.4 is 16.4 Å². The topological polar surface area (TPSA) is 92.5 Å². The van der Waals surface area contributed by atoms with Crippen LogP contribution in [0.15, 0.2) is 30.5 Å². The third-order valence-corrected chi connectivity index (χ3v) is 5.11. The summed E-state index contributed by atoms with van der Waals surface area (Å²) in [5.74, 6) is 0.540. The molecule has 0 atom stereocenters. The van der Waals surface area contributed by atoms with Crippen molar-refractivity contribution in [1.82, 2.24) is 9.88 Å². The van der Waals surface area contributed by atoms with Gasteiger partial charge in [0, 0.05) is 25.7 Å². The van der Waals surface area contributed by atoms with Crippen molar-refractivity contribution < 1.29 is 9.53 Å². The van der Waals surface area contributed by atoms with Crippen molar-refractivity contribution in [2.75, 3.05) is 36.2 Å². The lowest BCUT2D eigenvalue weighted by Crippen LogP contribution is -2.29. The fraction of sp³-hybridized carbons (Fsp3) is 0.333. The molecule has 144 valence electrons. The summed E-state index contributed by atoms with van der Waals surface area (Å²) in [6, 6.07) is 7.20. The van der Waals surface area contributed by atoms with Gasteiger partial charge in [0.1, 0.15) is 5.82 Å². The molecule has 4 N–H and O–H groups in total. The average molecular weight is 410 g/mol. The van der Waals surface area contributed by atoms with E-state index in [2.05, 4.69) is 15.6 Å². The van der Waals surface area contributed by atoms with Gasteiger partial charge < -0.3 is 26.0 Å². The molecule has 2 aromatic rings. The molecule has 2 heterocycles. The number of rotatable bonds is 6. The van der Waals surface area contributed by atoms with Gasteiger partial charge in [-0.1, -0.05) is 35.3 Å². The van der Waals surface area contributed by atoms with Crippen LogP contribution in [0.5, 0.6) is 0 Å². The maximum atomic E-state index is 11.9. The summed E-state index contributed by atoms with van der Waals surface area (Å²) in [6.45, 7) is 1.99. The maximum absolute atomic E-state index is 11.9. The Kier molecular flexibility index (Phi) is 6.47. The molecule has 1 fully saturated rings. The molecule has 1 saturated heterocycles. The normalized spacial score (nSPS) is 13.5. The van der Waals surface area contributed by atoms with Gasteiger partial charge in [-0.25, -0.2) is 9.78 Å². The number of nitrogens with two attached hydrogens (primary N) is 1. The van der Waals surface area contributed by atoms with Crippen molar-refractivity contribution in [2.45, 2.75) is 19.4 Å². The summed E-state index contributed by atoms with van der Waals surface area (Å²) >= 11 is 12.2. The number of nitrogens with one attached hydrogen (secondary N) is 2. The molecular formula is C18H21Cl2N5O2. The fourth-order valence-corrected chi connectivity index (χ4v) is 3.14. The number of nitrogens with zero attached hydrogens (tertiary/aromatic N) is 2. The highest BCUT2D eigenvalue weighted by molar-refractivity contribution is 6.42. The third-order valence-electron chi connectivity index (χ3n) is 4.25. The van der Waals surface area contributed by atoms with E-state index < -0.39 is 0 Å². The first-order valence-electron chi connectivity index (χ1n) is 8.62. The first-order valence-corrected chi connectivity index (χ1v) is 9.38. The number of aromatic nitrogens is 1. The quantitative estimate of drug-likeness (QED) is 0.619. The Morgan fingerprint density at radius 2 is 2.04 bits per heavy atom. The van der Waals surface area contributed by atoms with Gasteiger partial charge in [0.2, 0.25) is 0 Å². The van der Waals surface area contributed by atoms with Crippen LogP contribution in [-0.4, -0.2) is 35.8 Å². The summed E-state index contributed by atoms with van der Waals surface area (Å²) in [4.78, 5) is 17.7. The second-order valence-corrected chi connectivity index (χ2v) is 6.93. The van der Waals surface area contributed by atoms with Crippen molar-refractivity contribution in [3.05, 3.63) is 46.1 Å². The number of ether oxygens (including phenoxy) is 1. The van der Waals surface area contributed by atoms with Crippen LogP contribution in [0.25, 0.3) is 0 Å².